The van der Waals surface area contributed by atoms with E-state index in [1.807, 2.05) is 0 Å². The average molecular weight is 159 g/mol. The van der Waals surface area contributed by atoms with Crippen LogP contribution in [0.4, 0.5) is 0 Å². The zero-order chi connectivity index (χ0) is 8.53. The van der Waals surface area contributed by atoms with Gasteiger partial charge in [-0.05, 0) is 25.8 Å². The van der Waals surface area contributed by atoms with E-state index in [9.17, 15) is 0 Å². The number of carbonyl (C=O) groups is 1. The predicted octanol–water partition coefficient (Wildman–Crippen LogP) is 1.24. The minimum atomic E-state index is -0.250. The van der Waals surface area contributed by atoms with Crippen molar-refractivity contribution >= 4 is 6.47 Å². The quantitative estimate of drug-likeness (QED) is 0.609. The van der Waals surface area contributed by atoms with Gasteiger partial charge in [-0.25, -0.2) is 0 Å². The second-order valence-corrected chi connectivity index (χ2v) is 2.69. The molecule has 0 aromatic heterocycles. The number of rotatable bonds is 3. The summed E-state index contributed by atoms with van der Waals surface area (Å²) in [5, 5.41) is 10.4. The zero-order valence-corrected chi connectivity index (χ0v) is 7.05. The molecule has 1 saturated carbocycles. The van der Waals surface area contributed by atoms with Crippen LogP contribution in [0.25, 0.3) is 0 Å². The van der Waals surface area contributed by atoms with Crippen LogP contribution >= 0.6 is 0 Å². The monoisotopic (exact) mass is 159 g/mol. The summed E-state index contributed by atoms with van der Waals surface area (Å²) in [7, 11) is 0. The molecular formula is C8H17NO2. The summed E-state index contributed by atoms with van der Waals surface area (Å²) in [6.07, 6.45) is 5.55. The van der Waals surface area contributed by atoms with E-state index in [2.05, 4.69) is 12.2 Å². The van der Waals surface area contributed by atoms with Crippen LogP contribution in [0.2, 0.25) is 0 Å². The first kappa shape index (κ1) is 10.4. The van der Waals surface area contributed by atoms with Crippen LogP contribution in [0.5, 0.6) is 0 Å². The topological polar surface area (TPSA) is 49.3 Å². The number of hydrogen-bond acceptors (Lipinski definition) is 2. The van der Waals surface area contributed by atoms with Gasteiger partial charge in [0, 0.05) is 6.04 Å². The molecule has 2 N–H and O–H groups in total. The van der Waals surface area contributed by atoms with Gasteiger partial charge in [-0.2, -0.15) is 0 Å². The molecule has 1 aliphatic carbocycles. The maximum absolute atomic E-state index is 8.36. The summed E-state index contributed by atoms with van der Waals surface area (Å²) in [5.41, 5.74) is 0. The molecule has 0 unspecified atom stereocenters. The van der Waals surface area contributed by atoms with Crippen molar-refractivity contribution in [2.24, 2.45) is 0 Å². The molecular weight excluding hydrogens is 142 g/mol. The molecule has 0 aromatic rings. The molecule has 66 valence electrons. The molecule has 1 rings (SSSR count). The van der Waals surface area contributed by atoms with Crippen LogP contribution in [0.1, 0.15) is 32.6 Å². The van der Waals surface area contributed by atoms with Crippen molar-refractivity contribution in [1.29, 1.82) is 0 Å². The van der Waals surface area contributed by atoms with Crippen LogP contribution in [-0.2, 0) is 4.79 Å². The van der Waals surface area contributed by atoms with Crippen LogP contribution in [0, 0.1) is 0 Å². The molecule has 0 radical (unpaired) electrons. The molecule has 3 nitrogen and oxygen atoms in total. The van der Waals surface area contributed by atoms with Gasteiger partial charge in [0.2, 0.25) is 0 Å². The average Bonchev–Trinajstić information content (AvgIpc) is 1.87. The fourth-order valence-corrected chi connectivity index (χ4v) is 0.961. The largest absolute Gasteiger partial charge is 0.483 e. The Morgan fingerprint density at radius 1 is 1.64 bits per heavy atom. The third-order valence-electron chi connectivity index (χ3n) is 1.79. The van der Waals surface area contributed by atoms with Crippen LogP contribution in [-0.4, -0.2) is 24.2 Å². The lowest BCUT2D eigenvalue weighted by molar-refractivity contribution is -0.122. The first-order valence-electron chi connectivity index (χ1n) is 4.16. The van der Waals surface area contributed by atoms with E-state index in [-0.39, 0.29) is 6.47 Å². The smallest absolute Gasteiger partial charge is 0.290 e. The van der Waals surface area contributed by atoms with Crippen molar-refractivity contribution in [1.82, 2.24) is 5.32 Å². The van der Waals surface area contributed by atoms with Crippen molar-refractivity contribution in [3.8, 4) is 0 Å². The van der Waals surface area contributed by atoms with Crippen LogP contribution in [0.15, 0.2) is 0 Å². The van der Waals surface area contributed by atoms with Crippen molar-refractivity contribution in [3.63, 3.8) is 0 Å². The van der Waals surface area contributed by atoms with E-state index in [1.165, 1.54) is 32.2 Å². The van der Waals surface area contributed by atoms with Gasteiger partial charge in [-0.1, -0.05) is 13.3 Å². The Bertz CT molecular complexity index is 92.1. The lowest BCUT2D eigenvalue weighted by atomic mass is 9.93. The molecule has 0 saturated heterocycles. The number of carboxylic acid groups (broad SMARTS) is 1. The highest BCUT2D eigenvalue weighted by atomic mass is 16.3. The Balaban J connectivity index is 0.000000292. The summed E-state index contributed by atoms with van der Waals surface area (Å²) in [6, 6.07) is 0.884. The first-order valence-corrected chi connectivity index (χ1v) is 4.16. The number of hydrogen-bond donors (Lipinski definition) is 2. The second-order valence-electron chi connectivity index (χ2n) is 2.69. The molecule has 1 fully saturated rings. The van der Waals surface area contributed by atoms with E-state index >= 15 is 0 Å². The lowest BCUT2D eigenvalue weighted by Crippen LogP contribution is -2.35. The third kappa shape index (κ3) is 5.85. The Morgan fingerprint density at radius 2 is 2.18 bits per heavy atom. The molecule has 0 aromatic carbocycles. The van der Waals surface area contributed by atoms with Crippen molar-refractivity contribution in [2.45, 2.75) is 38.6 Å². The van der Waals surface area contributed by atoms with Gasteiger partial charge in [0.1, 0.15) is 0 Å². The molecule has 11 heavy (non-hydrogen) atoms. The fraction of sp³-hybridized carbons (Fsp3) is 0.875. The summed E-state index contributed by atoms with van der Waals surface area (Å²) in [4.78, 5) is 8.36. The van der Waals surface area contributed by atoms with Crippen molar-refractivity contribution in [2.75, 3.05) is 6.54 Å². The molecule has 0 heterocycles. The van der Waals surface area contributed by atoms with E-state index in [0.29, 0.717) is 0 Å². The van der Waals surface area contributed by atoms with E-state index in [4.69, 9.17) is 9.90 Å². The zero-order valence-electron chi connectivity index (χ0n) is 7.05. The highest BCUT2D eigenvalue weighted by Gasteiger charge is 2.14. The second kappa shape index (κ2) is 7.54. The molecule has 0 spiro atoms. The lowest BCUT2D eigenvalue weighted by Gasteiger charge is -2.26. The minimum absolute atomic E-state index is 0.250. The number of nitrogens with one attached hydrogen (secondary N) is 1. The SMILES string of the molecule is CCCNC1CCC1.O=CO. The van der Waals surface area contributed by atoms with Gasteiger partial charge >= 0.3 is 0 Å². The fourth-order valence-electron chi connectivity index (χ4n) is 0.961. The Hall–Kier alpha value is -0.570. The molecule has 3 heteroatoms. The highest BCUT2D eigenvalue weighted by molar-refractivity contribution is 5.32. The molecule has 0 amide bonds. The molecule has 1 aliphatic rings. The van der Waals surface area contributed by atoms with E-state index < -0.39 is 0 Å². The summed E-state index contributed by atoms with van der Waals surface area (Å²) in [5.74, 6) is 0. The van der Waals surface area contributed by atoms with Gasteiger partial charge in [0.15, 0.2) is 0 Å². The van der Waals surface area contributed by atoms with E-state index in [0.717, 1.165) is 6.04 Å². The molecule has 0 bridgehead atoms. The normalized spacial score (nSPS) is 16.1. The minimum Gasteiger partial charge on any atom is -0.483 e. The Kier molecular flexibility index (Phi) is 7.15. The highest BCUT2D eigenvalue weighted by Crippen LogP contribution is 2.17. The van der Waals surface area contributed by atoms with E-state index in [1.54, 1.807) is 0 Å². The third-order valence-corrected chi connectivity index (χ3v) is 1.79. The maximum Gasteiger partial charge on any atom is 0.290 e. The van der Waals surface area contributed by atoms with Gasteiger partial charge in [0.25, 0.3) is 6.47 Å². The predicted molar refractivity (Wildman–Crippen MR) is 44.6 cm³/mol. The van der Waals surface area contributed by atoms with Crippen molar-refractivity contribution in [3.05, 3.63) is 0 Å². The standard InChI is InChI=1S/C7H15N.CH2O2/c1-2-6-8-7-4-3-5-7;2-1-3/h7-8H,2-6H2,1H3;1H,(H,2,3). The van der Waals surface area contributed by atoms with Crippen molar-refractivity contribution < 1.29 is 9.90 Å². The first-order chi connectivity index (χ1) is 5.35. The van der Waals surface area contributed by atoms with Gasteiger partial charge in [-0.3, -0.25) is 4.79 Å². The maximum atomic E-state index is 8.36. The summed E-state index contributed by atoms with van der Waals surface area (Å²) >= 11 is 0. The Labute approximate surface area is 67.8 Å². The summed E-state index contributed by atoms with van der Waals surface area (Å²) < 4.78 is 0. The van der Waals surface area contributed by atoms with Gasteiger partial charge < -0.3 is 10.4 Å². The van der Waals surface area contributed by atoms with Crippen LogP contribution < -0.4 is 5.32 Å². The van der Waals surface area contributed by atoms with Gasteiger partial charge in [0.05, 0.1) is 0 Å². The molecule has 0 aliphatic heterocycles. The summed E-state index contributed by atoms with van der Waals surface area (Å²) in [6.45, 7) is 3.18. The van der Waals surface area contributed by atoms with Gasteiger partial charge in [-0.15, -0.1) is 0 Å². The van der Waals surface area contributed by atoms with Crippen LogP contribution in [0.3, 0.4) is 0 Å². The molecule has 0 atom stereocenters. The Morgan fingerprint density at radius 3 is 2.45 bits per heavy atom.